The van der Waals surface area contributed by atoms with Crippen LogP contribution in [0, 0.1) is 0 Å². The van der Waals surface area contributed by atoms with Crippen LogP contribution in [0.15, 0.2) is 28.9 Å². The second kappa shape index (κ2) is 5.04. The van der Waals surface area contributed by atoms with Gasteiger partial charge in [-0.2, -0.15) is 0 Å². The number of ether oxygens (including phenoxy) is 1. The Balaban J connectivity index is 3.01. The van der Waals surface area contributed by atoms with Crippen molar-refractivity contribution >= 4 is 22.0 Å². The average Bonchev–Trinajstić information content (AvgIpc) is 2.16. The lowest BCUT2D eigenvalue weighted by Gasteiger charge is -2.03. The van der Waals surface area contributed by atoms with Gasteiger partial charge in [0.15, 0.2) is 0 Å². The Labute approximate surface area is 86.0 Å². The molecule has 0 spiro atoms. The molecule has 1 aromatic rings. The van der Waals surface area contributed by atoms with E-state index < -0.39 is 0 Å². The van der Waals surface area contributed by atoms with Gasteiger partial charge in [-0.1, -0.05) is 18.2 Å². The van der Waals surface area contributed by atoms with Crippen LogP contribution >= 0.6 is 15.9 Å². The maximum Gasteiger partial charge on any atom is 0.0830 e. The summed E-state index contributed by atoms with van der Waals surface area (Å²) in [6.07, 6.45) is 3.44. The van der Waals surface area contributed by atoms with Gasteiger partial charge in [0.1, 0.15) is 0 Å². The lowest BCUT2D eigenvalue weighted by molar-refractivity contribution is 0.281. The fourth-order valence-corrected chi connectivity index (χ4v) is 1.51. The first-order valence-corrected chi connectivity index (χ1v) is 4.66. The van der Waals surface area contributed by atoms with Crippen LogP contribution in [0.2, 0.25) is 0 Å². The van der Waals surface area contributed by atoms with Gasteiger partial charge >= 0.3 is 0 Å². The predicted octanol–water partition coefficient (Wildman–Crippen LogP) is 2.56. The smallest absolute Gasteiger partial charge is 0.0830 e. The lowest BCUT2D eigenvalue weighted by Crippen LogP contribution is -1.87. The fraction of sp³-hybridized carbons (Fsp3) is 0.200. The minimum atomic E-state index is 0.0369. The highest BCUT2D eigenvalue weighted by atomic mass is 79.9. The summed E-state index contributed by atoms with van der Waals surface area (Å²) in [5, 5.41) is 8.98. The minimum absolute atomic E-state index is 0.0369. The molecule has 0 aliphatic heterocycles. The molecule has 0 amide bonds. The first-order chi connectivity index (χ1) is 6.29. The molecule has 0 radical (unpaired) electrons. The Bertz CT molecular complexity index is 308. The number of methoxy groups -OCH3 is 1. The van der Waals surface area contributed by atoms with E-state index in [1.165, 1.54) is 0 Å². The van der Waals surface area contributed by atoms with Gasteiger partial charge in [-0.05, 0) is 33.1 Å². The van der Waals surface area contributed by atoms with Crippen molar-refractivity contribution in [1.29, 1.82) is 0 Å². The molecule has 0 saturated carbocycles. The van der Waals surface area contributed by atoms with Crippen molar-refractivity contribution in [1.82, 2.24) is 0 Å². The van der Waals surface area contributed by atoms with Crippen molar-refractivity contribution in [3.8, 4) is 0 Å². The van der Waals surface area contributed by atoms with E-state index in [2.05, 4.69) is 15.9 Å². The molecule has 0 aromatic heterocycles. The molecule has 1 aromatic carbocycles. The van der Waals surface area contributed by atoms with Gasteiger partial charge < -0.3 is 9.84 Å². The van der Waals surface area contributed by atoms with Crippen molar-refractivity contribution in [2.75, 3.05) is 7.11 Å². The van der Waals surface area contributed by atoms with Gasteiger partial charge in [0.05, 0.1) is 20.0 Å². The van der Waals surface area contributed by atoms with Crippen LogP contribution in [0.3, 0.4) is 0 Å². The topological polar surface area (TPSA) is 29.5 Å². The number of benzene rings is 1. The van der Waals surface area contributed by atoms with Crippen LogP contribution < -0.4 is 0 Å². The van der Waals surface area contributed by atoms with Gasteiger partial charge in [0.25, 0.3) is 0 Å². The Morgan fingerprint density at radius 2 is 2.31 bits per heavy atom. The summed E-state index contributed by atoms with van der Waals surface area (Å²) in [5.41, 5.74) is 1.87. The summed E-state index contributed by atoms with van der Waals surface area (Å²) < 4.78 is 5.72. The molecule has 1 rings (SSSR count). The summed E-state index contributed by atoms with van der Waals surface area (Å²) in [4.78, 5) is 0. The molecule has 70 valence electrons. The summed E-state index contributed by atoms with van der Waals surface area (Å²) in [6.45, 7) is 0.0369. The lowest BCUT2D eigenvalue weighted by atomic mass is 10.1. The normalized spacial score (nSPS) is 10.7. The van der Waals surface area contributed by atoms with Crippen LogP contribution in [0.4, 0.5) is 0 Å². The number of halogens is 1. The summed E-state index contributed by atoms with van der Waals surface area (Å²) in [7, 11) is 1.60. The van der Waals surface area contributed by atoms with E-state index in [0.717, 1.165) is 15.6 Å². The van der Waals surface area contributed by atoms with E-state index in [4.69, 9.17) is 9.84 Å². The third kappa shape index (κ3) is 2.57. The molecule has 0 saturated heterocycles. The van der Waals surface area contributed by atoms with Gasteiger partial charge in [-0.25, -0.2) is 0 Å². The van der Waals surface area contributed by atoms with E-state index in [9.17, 15) is 0 Å². The second-order valence-electron chi connectivity index (χ2n) is 2.52. The van der Waals surface area contributed by atoms with Gasteiger partial charge in [-0.15, -0.1) is 0 Å². The quantitative estimate of drug-likeness (QED) is 0.826. The van der Waals surface area contributed by atoms with Gasteiger partial charge in [-0.3, -0.25) is 0 Å². The molecule has 0 unspecified atom stereocenters. The van der Waals surface area contributed by atoms with Crippen LogP contribution in [0.25, 0.3) is 6.08 Å². The highest BCUT2D eigenvalue weighted by molar-refractivity contribution is 9.10. The SMILES string of the molecule is COC=Cc1cccc(CO)c1Br. The molecule has 0 fully saturated rings. The van der Waals surface area contributed by atoms with Crippen LogP contribution in [-0.4, -0.2) is 12.2 Å². The standard InChI is InChI=1S/C10H11BrO2/c1-13-6-5-8-3-2-4-9(7-12)10(8)11/h2-6,12H,7H2,1H3. The van der Waals surface area contributed by atoms with E-state index in [1.807, 2.05) is 24.3 Å². The molecule has 0 atom stereocenters. The molecule has 2 nitrogen and oxygen atoms in total. The van der Waals surface area contributed by atoms with Crippen LogP contribution in [-0.2, 0) is 11.3 Å². The average molecular weight is 243 g/mol. The molecule has 0 heterocycles. The predicted molar refractivity (Wildman–Crippen MR) is 56.1 cm³/mol. The minimum Gasteiger partial charge on any atom is -0.504 e. The van der Waals surface area contributed by atoms with Crippen molar-refractivity contribution in [3.63, 3.8) is 0 Å². The van der Waals surface area contributed by atoms with Crippen molar-refractivity contribution in [3.05, 3.63) is 40.1 Å². The van der Waals surface area contributed by atoms with Gasteiger partial charge in [0, 0.05) is 4.47 Å². The van der Waals surface area contributed by atoms with Crippen LogP contribution in [0.5, 0.6) is 0 Å². The molecule has 0 bridgehead atoms. The Morgan fingerprint density at radius 1 is 1.54 bits per heavy atom. The maximum atomic E-state index is 8.98. The number of rotatable bonds is 3. The Hall–Kier alpha value is -0.800. The summed E-state index contributed by atoms with van der Waals surface area (Å²) >= 11 is 3.40. The largest absolute Gasteiger partial charge is 0.504 e. The number of aliphatic hydroxyl groups excluding tert-OH is 1. The number of hydrogen-bond acceptors (Lipinski definition) is 2. The molecule has 0 aliphatic carbocycles. The Morgan fingerprint density at radius 3 is 2.92 bits per heavy atom. The zero-order valence-electron chi connectivity index (χ0n) is 7.33. The highest BCUT2D eigenvalue weighted by Crippen LogP contribution is 2.22. The van der Waals surface area contributed by atoms with E-state index in [1.54, 1.807) is 13.4 Å². The summed E-state index contributed by atoms with van der Waals surface area (Å²) in [6, 6.07) is 5.71. The third-order valence-electron chi connectivity index (χ3n) is 1.66. The molecule has 3 heteroatoms. The zero-order chi connectivity index (χ0) is 9.68. The molecular formula is C10H11BrO2. The number of aliphatic hydroxyl groups is 1. The third-order valence-corrected chi connectivity index (χ3v) is 2.63. The highest BCUT2D eigenvalue weighted by Gasteiger charge is 2.01. The number of hydrogen-bond donors (Lipinski definition) is 1. The fourth-order valence-electron chi connectivity index (χ4n) is 0.992. The molecule has 0 aliphatic rings. The van der Waals surface area contributed by atoms with Crippen molar-refractivity contribution < 1.29 is 9.84 Å². The second-order valence-corrected chi connectivity index (χ2v) is 3.31. The molecular weight excluding hydrogens is 232 g/mol. The van der Waals surface area contributed by atoms with E-state index in [-0.39, 0.29) is 6.61 Å². The zero-order valence-corrected chi connectivity index (χ0v) is 8.91. The molecule has 13 heavy (non-hydrogen) atoms. The first kappa shape index (κ1) is 10.3. The molecule has 1 N–H and O–H groups in total. The van der Waals surface area contributed by atoms with E-state index in [0.29, 0.717) is 0 Å². The monoisotopic (exact) mass is 242 g/mol. The summed E-state index contributed by atoms with van der Waals surface area (Å²) in [5.74, 6) is 0. The first-order valence-electron chi connectivity index (χ1n) is 3.87. The van der Waals surface area contributed by atoms with E-state index >= 15 is 0 Å². The van der Waals surface area contributed by atoms with Crippen molar-refractivity contribution in [2.24, 2.45) is 0 Å². The van der Waals surface area contributed by atoms with Crippen LogP contribution in [0.1, 0.15) is 11.1 Å². The van der Waals surface area contributed by atoms with Gasteiger partial charge in [0.2, 0.25) is 0 Å². The maximum absolute atomic E-state index is 8.98. The van der Waals surface area contributed by atoms with Crippen molar-refractivity contribution in [2.45, 2.75) is 6.61 Å². The Kier molecular flexibility index (Phi) is 3.99.